The van der Waals surface area contributed by atoms with Gasteiger partial charge < -0.3 is 20.9 Å². The molecule has 2 atom stereocenters. The number of likely N-dealkylation sites (N-methyl/N-ethyl adjacent to an activating group) is 1. The van der Waals surface area contributed by atoms with Gasteiger partial charge in [-0.3, -0.25) is 9.59 Å². The highest BCUT2D eigenvalue weighted by molar-refractivity contribution is 7.13. The lowest BCUT2D eigenvalue weighted by Gasteiger charge is -2.22. The Hall–Kier alpha value is -2.49. The van der Waals surface area contributed by atoms with Crippen LogP contribution in [0.25, 0.3) is 0 Å². The highest BCUT2D eigenvalue weighted by atomic mass is 35.5. The molecule has 0 saturated heterocycles. The third kappa shape index (κ3) is 5.23. The van der Waals surface area contributed by atoms with Crippen molar-refractivity contribution in [2.45, 2.75) is 44.3 Å². The zero-order chi connectivity index (χ0) is 22.0. The van der Waals surface area contributed by atoms with E-state index in [1.165, 1.54) is 17.5 Å². The van der Waals surface area contributed by atoms with Crippen LogP contribution in [0.2, 0.25) is 5.02 Å². The first-order valence-electron chi connectivity index (χ1n) is 10.3. The number of thiazole rings is 1. The second-order valence-electron chi connectivity index (χ2n) is 7.93. The van der Waals surface area contributed by atoms with Crippen molar-refractivity contribution in [2.24, 2.45) is 0 Å². The molecule has 31 heavy (non-hydrogen) atoms. The number of carbonyl (C=O) groups is 2. The molecular weight excluding hydrogens is 436 g/mol. The number of amides is 2. The van der Waals surface area contributed by atoms with Gasteiger partial charge in [0.15, 0.2) is 5.01 Å². The maximum atomic E-state index is 12.8. The minimum absolute atomic E-state index is 0.137. The van der Waals surface area contributed by atoms with E-state index in [1.54, 1.807) is 12.1 Å². The van der Waals surface area contributed by atoms with E-state index in [2.05, 4.69) is 44.4 Å². The Morgan fingerprint density at radius 2 is 2.03 bits per heavy atom. The highest BCUT2D eigenvalue weighted by Crippen LogP contribution is 2.25. The number of anilines is 1. The number of aromatic nitrogens is 2. The van der Waals surface area contributed by atoms with Gasteiger partial charge in [-0.05, 0) is 38.4 Å². The van der Waals surface area contributed by atoms with Crippen LogP contribution in [-0.2, 0) is 17.8 Å². The first kappa shape index (κ1) is 21.7. The largest absolute Gasteiger partial charge is 0.346 e. The molecule has 4 rings (SSSR count). The Kier molecular flexibility index (Phi) is 6.54. The maximum absolute atomic E-state index is 12.8. The number of rotatable bonds is 6. The summed E-state index contributed by atoms with van der Waals surface area (Å²) < 4.78 is 0. The fourth-order valence-corrected chi connectivity index (χ4v) is 5.08. The molecular formula is C21H25ClN6O2S. The van der Waals surface area contributed by atoms with Crippen LogP contribution in [0.15, 0.2) is 30.6 Å². The Bertz CT molecular complexity index is 992. The van der Waals surface area contributed by atoms with Crippen molar-refractivity contribution >= 4 is 40.6 Å². The van der Waals surface area contributed by atoms with Crippen molar-refractivity contribution in [3.63, 3.8) is 0 Å². The summed E-state index contributed by atoms with van der Waals surface area (Å²) in [7, 11) is 2.07. The van der Waals surface area contributed by atoms with Gasteiger partial charge in [0.1, 0.15) is 5.82 Å². The third-order valence-electron chi connectivity index (χ3n) is 5.55. The summed E-state index contributed by atoms with van der Waals surface area (Å²) in [6.07, 6.45) is 4.89. The fourth-order valence-electron chi connectivity index (χ4n) is 3.87. The topological polar surface area (TPSA) is 99.2 Å². The molecule has 1 fully saturated rings. The number of nitrogens with zero attached hydrogens (tertiary/aromatic N) is 3. The van der Waals surface area contributed by atoms with Gasteiger partial charge in [0.05, 0.1) is 16.4 Å². The molecule has 3 N–H and O–H groups in total. The van der Waals surface area contributed by atoms with E-state index in [4.69, 9.17) is 11.6 Å². The van der Waals surface area contributed by atoms with E-state index in [9.17, 15) is 9.59 Å². The molecule has 0 aromatic carbocycles. The standard InChI is InChI=1S/C21H25ClN6O2S/c1-12(24-18-7-6-13(22)10-23-18)19(29)25-14-4-3-5-15(14)26-20(30)21-27-16-8-9-28(2)11-17(16)31-21/h6-7,10,14-15H,1,3-5,8-9,11H2,2H3,(H,23,24)(H,25,29)(H,26,30)/t14-,15-/m0/s1. The summed E-state index contributed by atoms with van der Waals surface area (Å²) in [4.78, 5) is 37.4. The predicted octanol–water partition coefficient (Wildman–Crippen LogP) is 2.57. The van der Waals surface area contributed by atoms with Gasteiger partial charge in [-0.2, -0.15) is 0 Å². The van der Waals surface area contributed by atoms with Crippen molar-refractivity contribution in [3.8, 4) is 0 Å². The summed E-state index contributed by atoms with van der Waals surface area (Å²) in [6.45, 7) is 5.59. The minimum atomic E-state index is -0.323. The van der Waals surface area contributed by atoms with Gasteiger partial charge in [-0.25, -0.2) is 9.97 Å². The van der Waals surface area contributed by atoms with Crippen LogP contribution >= 0.6 is 22.9 Å². The van der Waals surface area contributed by atoms with Crippen LogP contribution in [0.3, 0.4) is 0 Å². The molecule has 0 bridgehead atoms. The number of hydrogen-bond acceptors (Lipinski definition) is 7. The summed E-state index contributed by atoms with van der Waals surface area (Å²) in [5.41, 5.74) is 1.21. The van der Waals surface area contributed by atoms with Crippen molar-refractivity contribution in [1.82, 2.24) is 25.5 Å². The zero-order valence-corrected chi connectivity index (χ0v) is 18.9. The number of fused-ring (bicyclic) bond motifs is 1. The molecule has 0 radical (unpaired) electrons. The lowest BCUT2D eigenvalue weighted by molar-refractivity contribution is -0.118. The number of nitrogens with one attached hydrogen (secondary N) is 3. The number of halogens is 1. The van der Waals surface area contributed by atoms with Crippen LogP contribution < -0.4 is 16.0 Å². The molecule has 164 valence electrons. The van der Waals surface area contributed by atoms with Gasteiger partial charge in [-0.1, -0.05) is 18.2 Å². The average molecular weight is 461 g/mol. The molecule has 2 aromatic rings. The zero-order valence-electron chi connectivity index (χ0n) is 17.3. The molecule has 1 aliphatic carbocycles. The molecule has 0 spiro atoms. The fraction of sp³-hybridized carbons (Fsp3) is 0.429. The first-order valence-corrected chi connectivity index (χ1v) is 11.4. The maximum Gasteiger partial charge on any atom is 0.280 e. The quantitative estimate of drug-likeness (QED) is 0.573. The number of hydrogen-bond donors (Lipinski definition) is 3. The van der Waals surface area contributed by atoms with E-state index in [0.717, 1.165) is 49.3 Å². The molecule has 2 aliphatic rings. The highest BCUT2D eigenvalue weighted by Gasteiger charge is 2.31. The van der Waals surface area contributed by atoms with Crippen LogP contribution in [0.5, 0.6) is 0 Å². The second-order valence-corrected chi connectivity index (χ2v) is 9.45. The molecule has 1 aliphatic heterocycles. The van der Waals surface area contributed by atoms with Crippen molar-refractivity contribution < 1.29 is 9.59 Å². The lowest BCUT2D eigenvalue weighted by atomic mass is 10.1. The van der Waals surface area contributed by atoms with E-state index in [0.29, 0.717) is 15.8 Å². The van der Waals surface area contributed by atoms with E-state index in [-0.39, 0.29) is 29.6 Å². The van der Waals surface area contributed by atoms with Gasteiger partial charge in [0.2, 0.25) is 0 Å². The van der Waals surface area contributed by atoms with Gasteiger partial charge in [0, 0.05) is 42.7 Å². The van der Waals surface area contributed by atoms with E-state index < -0.39 is 0 Å². The molecule has 8 nitrogen and oxygen atoms in total. The SMILES string of the molecule is C=C(Nc1ccc(Cl)cn1)C(=O)N[C@H]1CCC[C@@H]1NC(=O)c1nc2c(s1)CN(C)CC2. The van der Waals surface area contributed by atoms with Gasteiger partial charge in [-0.15, -0.1) is 11.3 Å². The molecule has 0 unspecified atom stereocenters. The van der Waals surface area contributed by atoms with Gasteiger partial charge in [0.25, 0.3) is 11.8 Å². The van der Waals surface area contributed by atoms with E-state index in [1.807, 2.05) is 0 Å². The summed E-state index contributed by atoms with van der Waals surface area (Å²) in [5, 5.41) is 9.94. The lowest BCUT2D eigenvalue weighted by Crippen LogP contribution is -2.49. The van der Waals surface area contributed by atoms with Crippen LogP contribution in [0.4, 0.5) is 5.82 Å². The molecule has 10 heteroatoms. The number of pyridine rings is 1. The molecule has 3 heterocycles. The van der Waals surface area contributed by atoms with E-state index >= 15 is 0 Å². The summed E-state index contributed by atoms with van der Waals surface area (Å²) >= 11 is 7.29. The van der Waals surface area contributed by atoms with Gasteiger partial charge >= 0.3 is 0 Å². The average Bonchev–Trinajstić information content (AvgIpc) is 3.36. The Labute approximate surface area is 190 Å². The normalized spacial score (nSPS) is 20.7. The predicted molar refractivity (Wildman–Crippen MR) is 121 cm³/mol. The Morgan fingerprint density at radius 3 is 2.77 bits per heavy atom. The molecule has 2 amide bonds. The Balaban J connectivity index is 1.33. The smallest absolute Gasteiger partial charge is 0.280 e. The third-order valence-corrected chi connectivity index (χ3v) is 6.85. The number of carbonyl (C=O) groups excluding carboxylic acids is 2. The first-order chi connectivity index (χ1) is 14.9. The van der Waals surface area contributed by atoms with Crippen molar-refractivity contribution in [2.75, 3.05) is 18.9 Å². The molecule has 1 saturated carbocycles. The van der Waals surface area contributed by atoms with Crippen LogP contribution in [0.1, 0.15) is 39.6 Å². The summed E-state index contributed by atoms with van der Waals surface area (Å²) in [5.74, 6) is -0.00891. The summed E-state index contributed by atoms with van der Waals surface area (Å²) in [6, 6.07) is 3.06. The van der Waals surface area contributed by atoms with Crippen LogP contribution in [-0.4, -0.2) is 52.4 Å². The second kappa shape index (κ2) is 9.33. The van der Waals surface area contributed by atoms with Crippen molar-refractivity contribution in [3.05, 3.63) is 51.2 Å². The monoisotopic (exact) mass is 460 g/mol. The molecule has 2 aromatic heterocycles. The van der Waals surface area contributed by atoms with Crippen molar-refractivity contribution in [1.29, 1.82) is 0 Å². The Morgan fingerprint density at radius 1 is 1.26 bits per heavy atom. The van der Waals surface area contributed by atoms with Crippen LogP contribution in [0, 0.1) is 0 Å². The minimum Gasteiger partial charge on any atom is -0.346 e.